The maximum atomic E-state index is 13.3. The molecule has 2 aromatic rings. The maximum absolute atomic E-state index is 13.3. The van der Waals surface area contributed by atoms with Crippen molar-refractivity contribution in [3.63, 3.8) is 0 Å². The van der Waals surface area contributed by atoms with E-state index in [0.717, 1.165) is 17.0 Å². The lowest BCUT2D eigenvalue weighted by Crippen LogP contribution is -2.26. The van der Waals surface area contributed by atoms with Crippen LogP contribution in [0.25, 0.3) is 0 Å². The molecule has 19 heavy (non-hydrogen) atoms. The van der Waals surface area contributed by atoms with Gasteiger partial charge in [0.1, 0.15) is 12.4 Å². The molecule has 2 rings (SSSR count). The van der Waals surface area contributed by atoms with E-state index in [1.165, 1.54) is 24.3 Å². The van der Waals surface area contributed by atoms with Gasteiger partial charge in [-0.2, -0.15) is 4.73 Å². The number of benzene rings is 1. The number of pyridine rings is 1. The number of carbonyl (C=O) groups is 1. The molecule has 1 heterocycles. The molecule has 1 N–H and O–H groups in total. The number of nitrogens with zero attached hydrogens (tertiary/aromatic N) is 1. The summed E-state index contributed by atoms with van der Waals surface area (Å²) in [5.74, 6) is -1.63. The molecular formula is C13H10FNO4. The molecule has 1 aromatic heterocycles. The third-order valence-corrected chi connectivity index (χ3v) is 2.44. The SMILES string of the molecule is O=C(O)c1ccc(=O)n(OCc2ccccc2F)c1. The predicted octanol–water partition coefficient (Wildman–Crippen LogP) is 1.31. The minimum Gasteiger partial charge on any atom is -0.478 e. The molecule has 0 aliphatic rings. The van der Waals surface area contributed by atoms with Gasteiger partial charge in [-0.25, -0.2) is 9.18 Å². The summed E-state index contributed by atoms with van der Waals surface area (Å²) in [7, 11) is 0. The van der Waals surface area contributed by atoms with Gasteiger partial charge in [0, 0.05) is 11.6 Å². The summed E-state index contributed by atoms with van der Waals surface area (Å²) in [6, 6.07) is 8.21. The van der Waals surface area contributed by atoms with Crippen LogP contribution >= 0.6 is 0 Å². The van der Waals surface area contributed by atoms with Gasteiger partial charge in [-0.05, 0) is 12.1 Å². The molecule has 0 spiro atoms. The Morgan fingerprint density at radius 3 is 2.68 bits per heavy atom. The van der Waals surface area contributed by atoms with Crippen molar-refractivity contribution in [1.82, 2.24) is 4.73 Å². The molecule has 5 nitrogen and oxygen atoms in total. The van der Waals surface area contributed by atoms with Crippen LogP contribution in [0.15, 0.2) is 47.4 Å². The van der Waals surface area contributed by atoms with Gasteiger partial charge >= 0.3 is 5.97 Å². The molecule has 6 heteroatoms. The number of hydrogen-bond acceptors (Lipinski definition) is 3. The summed E-state index contributed by atoms with van der Waals surface area (Å²) in [6.45, 7) is -0.171. The van der Waals surface area contributed by atoms with E-state index in [2.05, 4.69) is 0 Å². The Labute approximate surface area is 107 Å². The Hall–Kier alpha value is -2.63. The van der Waals surface area contributed by atoms with Crippen LogP contribution in [0.3, 0.4) is 0 Å². The van der Waals surface area contributed by atoms with Gasteiger partial charge in [0.15, 0.2) is 0 Å². The van der Waals surface area contributed by atoms with Gasteiger partial charge in [0.2, 0.25) is 0 Å². The molecule has 0 fully saturated rings. The van der Waals surface area contributed by atoms with Crippen molar-refractivity contribution in [2.45, 2.75) is 6.61 Å². The molecule has 0 saturated heterocycles. The van der Waals surface area contributed by atoms with Crippen LogP contribution in [0.2, 0.25) is 0 Å². The minimum absolute atomic E-state index is 0.0897. The zero-order valence-corrected chi connectivity index (χ0v) is 9.75. The Morgan fingerprint density at radius 1 is 1.26 bits per heavy atom. The minimum atomic E-state index is -1.18. The van der Waals surface area contributed by atoms with Crippen molar-refractivity contribution >= 4 is 5.97 Å². The summed E-state index contributed by atoms with van der Waals surface area (Å²) >= 11 is 0. The fourth-order valence-electron chi connectivity index (χ4n) is 1.45. The second-order valence-electron chi connectivity index (χ2n) is 3.75. The molecular weight excluding hydrogens is 253 g/mol. The first-order chi connectivity index (χ1) is 9.08. The largest absolute Gasteiger partial charge is 0.478 e. The van der Waals surface area contributed by atoms with E-state index in [-0.39, 0.29) is 17.7 Å². The van der Waals surface area contributed by atoms with Gasteiger partial charge in [0.25, 0.3) is 5.56 Å². The Kier molecular flexibility index (Phi) is 3.61. The summed E-state index contributed by atoms with van der Waals surface area (Å²) in [5, 5.41) is 8.80. The zero-order chi connectivity index (χ0) is 13.8. The molecule has 98 valence electrons. The molecule has 0 atom stereocenters. The van der Waals surface area contributed by atoms with Crippen molar-refractivity contribution in [2.24, 2.45) is 0 Å². The molecule has 0 aliphatic carbocycles. The van der Waals surface area contributed by atoms with Crippen LogP contribution in [-0.2, 0) is 6.61 Å². The van der Waals surface area contributed by atoms with Crippen LogP contribution in [-0.4, -0.2) is 15.8 Å². The molecule has 0 bridgehead atoms. The highest BCUT2D eigenvalue weighted by atomic mass is 19.1. The molecule has 0 saturated carbocycles. The van der Waals surface area contributed by atoms with E-state index in [0.29, 0.717) is 0 Å². The standard InChI is InChI=1S/C13H10FNO4/c14-11-4-2-1-3-10(11)8-19-15-7-9(13(17)18)5-6-12(15)16/h1-7H,8H2,(H,17,18). The Bertz CT molecular complexity index is 666. The van der Waals surface area contributed by atoms with Crippen LogP contribution in [0.1, 0.15) is 15.9 Å². The first kappa shape index (κ1) is 12.8. The third kappa shape index (κ3) is 2.98. The highest BCUT2D eigenvalue weighted by Gasteiger charge is 2.07. The van der Waals surface area contributed by atoms with E-state index in [1.54, 1.807) is 6.07 Å². The van der Waals surface area contributed by atoms with Crippen molar-refractivity contribution < 1.29 is 19.1 Å². The van der Waals surface area contributed by atoms with Gasteiger partial charge in [-0.3, -0.25) is 4.79 Å². The average molecular weight is 263 g/mol. The molecule has 0 aliphatic heterocycles. The second kappa shape index (κ2) is 5.34. The first-order valence-electron chi connectivity index (χ1n) is 5.40. The Morgan fingerprint density at radius 2 is 2.00 bits per heavy atom. The van der Waals surface area contributed by atoms with Crippen molar-refractivity contribution in [3.8, 4) is 0 Å². The van der Waals surface area contributed by atoms with E-state index in [9.17, 15) is 14.0 Å². The van der Waals surface area contributed by atoms with Crippen LogP contribution < -0.4 is 10.4 Å². The molecule has 1 aromatic carbocycles. The molecule has 0 unspecified atom stereocenters. The van der Waals surface area contributed by atoms with E-state index < -0.39 is 17.3 Å². The summed E-state index contributed by atoms with van der Waals surface area (Å²) in [5.41, 5.74) is -0.343. The van der Waals surface area contributed by atoms with Crippen molar-refractivity contribution in [1.29, 1.82) is 0 Å². The molecule has 0 amide bonds. The maximum Gasteiger partial charge on any atom is 0.337 e. The predicted molar refractivity (Wildman–Crippen MR) is 64.3 cm³/mol. The summed E-state index contributed by atoms with van der Waals surface area (Å²) in [4.78, 5) is 27.3. The van der Waals surface area contributed by atoms with Crippen molar-refractivity contribution in [3.05, 3.63) is 69.9 Å². The number of hydrogen-bond donors (Lipinski definition) is 1. The first-order valence-corrected chi connectivity index (χ1v) is 5.40. The van der Waals surface area contributed by atoms with Gasteiger partial charge in [-0.15, -0.1) is 0 Å². The van der Waals surface area contributed by atoms with Gasteiger partial charge in [0.05, 0.1) is 11.8 Å². The highest BCUT2D eigenvalue weighted by Crippen LogP contribution is 2.06. The Balaban J connectivity index is 2.20. The van der Waals surface area contributed by atoms with E-state index >= 15 is 0 Å². The van der Waals surface area contributed by atoms with Crippen LogP contribution in [0.5, 0.6) is 0 Å². The van der Waals surface area contributed by atoms with Gasteiger partial charge < -0.3 is 9.94 Å². The lowest BCUT2D eigenvalue weighted by atomic mass is 10.2. The number of rotatable bonds is 4. The number of aromatic carboxylic acids is 1. The lowest BCUT2D eigenvalue weighted by molar-refractivity contribution is 0.0672. The summed E-state index contributed by atoms with van der Waals surface area (Å²) in [6.07, 6.45) is 1.05. The molecule has 0 radical (unpaired) electrons. The smallest absolute Gasteiger partial charge is 0.337 e. The zero-order valence-electron chi connectivity index (χ0n) is 9.75. The number of carboxylic acid groups (broad SMARTS) is 1. The van der Waals surface area contributed by atoms with E-state index in [1.807, 2.05) is 0 Å². The quantitative estimate of drug-likeness (QED) is 0.903. The summed E-state index contributed by atoms with van der Waals surface area (Å²) < 4.78 is 14.1. The second-order valence-corrected chi connectivity index (χ2v) is 3.75. The van der Waals surface area contributed by atoms with E-state index in [4.69, 9.17) is 9.94 Å². The highest BCUT2D eigenvalue weighted by molar-refractivity contribution is 5.87. The average Bonchev–Trinajstić information content (AvgIpc) is 2.39. The third-order valence-electron chi connectivity index (χ3n) is 2.44. The van der Waals surface area contributed by atoms with Crippen molar-refractivity contribution in [2.75, 3.05) is 0 Å². The number of aromatic nitrogens is 1. The fraction of sp³-hybridized carbons (Fsp3) is 0.0769. The normalized spacial score (nSPS) is 10.2. The monoisotopic (exact) mass is 263 g/mol. The number of carboxylic acids is 1. The van der Waals surface area contributed by atoms with Gasteiger partial charge in [-0.1, -0.05) is 18.2 Å². The van der Waals surface area contributed by atoms with Crippen LogP contribution in [0, 0.1) is 5.82 Å². The number of halogens is 1. The fourth-order valence-corrected chi connectivity index (χ4v) is 1.45. The topological polar surface area (TPSA) is 68.5 Å². The van der Waals surface area contributed by atoms with Crippen LogP contribution in [0.4, 0.5) is 4.39 Å². The lowest BCUT2D eigenvalue weighted by Gasteiger charge is -2.09.